The predicted octanol–water partition coefficient (Wildman–Crippen LogP) is 1.60. The Bertz CT molecular complexity index is 243. The van der Waals surface area contributed by atoms with Gasteiger partial charge in [0.15, 0.2) is 0 Å². The Kier molecular flexibility index (Phi) is 4.01. The molecule has 0 spiro atoms. The van der Waals surface area contributed by atoms with Gasteiger partial charge in [-0.05, 0) is 33.7 Å². The highest BCUT2D eigenvalue weighted by Crippen LogP contribution is 2.21. The van der Waals surface area contributed by atoms with Crippen molar-refractivity contribution in [2.75, 3.05) is 13.6 Å². The van der Waals surface area contributed by atoms with Crippen LogP contribution in [0.15, 0.2) is 0 Å². The molecular formula is C11H21ClN2O. The van der Waals surface area contributed by atoms with Gasteiger partial charge < -0.3 is 5.32 Å². The van der Waals surface area contributed by atoms with Crippen LogP contribution < -0.4 is 5.32 Å². The van der Waals surface area contributed by atoms with Crippen molar-refractivity contribution in [1.29, 1.82) is 0 Å². The first-order valence-corrected chi connectivity index (χ1v) is 5.95. The number of hydrogen-bond donors (Lipinski definition) is 1. The quantitative estimate of drug-likeness (QED) is 0.750. The van der Waals surface area contributed by atoms with Crippen molar-refractivity contribution in [2.24, 2.45) is 0 Å². The molecule has 88 valence electrons. The van der Waals surface area contributed by atoms with Crippen LogP contribution in [0.3, 0.4) is 0 Å². The first-order valence-electron chi connectivity index (χ1n) is 5.52. The zero-order chi connectivity index (χ0) is 11.6. The van der Waals surface area contributed by atoms with Crippen LogP contribution in [0.4, 0.5) is 0 Å². The van der Waals surface area contributed by atoms with Crippen LogP contribution in [-0.4, -0.2) is 41.4 Å². The number of rotatable bonds is 3. The number of likely N-dealkylation sites (N-methyl/N-ethyl adjacent to an activating group) is 1. The van der Waals surface area contributed by atoms with Crippen LogP contribution in [0, 0.1) is 0 Å². The molecule has 1 amide bonds. The van der Waals surface area contributed by atoms with E-state index in [4.69, 9.17) is 11.6 Å². The van der Waals surface area contributed by atoms with Crippen molar-refractivity contribution >= 4 is 17.5 Å². The maximum absolute atomic E-state index is 12.0. The van der Waals surface area contributed by atoms with Crippen molar-refractivity contribution in [1.82, 2.24) is 10.2 Å². The van der Waals surface area contributed by atoms with Gasteiger partial charge in [0.05, 0.1) is 6.04 Å². The Morgan fingerprint density at radius 3 is 2.60 bits per heavy atom. The molecule has 0 unspecified atom stereocenters. The lowest BCUT2D eigenvalue weighted by Gasteiger charge is -2.28. The molecule has 1 aliphatic heterocycles. The molecule has 1 aliphatic rings. The Hall–Kier alpha value is -0.280. The van der Waals surface area contributed by atoms with Gasteiger partial charge in [0.1, 0.15) is 0 Å². The van der Waals surface area contributed by atoms with Crippen LogP contribution in [0.2, 0.25) is 0 Å². The predicted molar refractivity (Wildman–Crippen MR) is 63.2 cm³/mol. The van der Waals surface area contributed by atoms with Gasteiger partial charge in [-0.2, -0.15) is 0 Å². The molecule has 2 atom stereocenters. The minimum atomic E-state index is -0.123. The summed E-state index contributed by atoms with van der Waals surface area (Å²) in [6.07, 6.45) is 1.68. The van der Waals surface area contributed by atoms with Crippen LogP contribution in [0.25, 0.3) is 0 Å². The van der Waals surface area contributed by atoms with Crippen molar-refractivity contribution in [3.05, 3.63) is 0 Å². The summed E-state index contributed by atoms with van der Waals surface area (Å²) >= 11 is 6.03. The molecular weight excluding hydrogens is 212 g/mol. The first kappa shape index (κ1) is 12.8. The fraction of sp³-hybridized carbons (Fsp3) is 0.909. The smallest absolute Gasteiger partial charge is 0.237 e. The third-order valence-electron chi connectivity index (χ3n) is 3.15. The monoisotopic (exact) mass is 232 g/mol. The number of carbonyl (C=O) groups excluding carboxylic acids is 1. The zero-order valence-corrected chi connectivity index (χ0v) is 10.8. The van der Waals surface area contributed by atoms with Gasteiger partial charge in [0.25, 0.3) is 0 Å². The molecule has 1 saturated heterocycles. The number of nitrogens with one attached hydrogen (secondary N) is 1. The van der Waals surface area contributed by atoms with E-state index in [9.17, 15) is 4.79 Å². The molecule has 1 rings (SSSR count). The lowest BCUT2D eigenvalue weighted by Crippen LogP contribution is -2.50. The molecule has 4 heteroatoms. The third kappa shape index (κ3) is 3.35. The maximum Gasteiger partial charge on any atom is 0.237 e. The molecule has 1 heterocycles. The Balaban J connectivity index is 2.54. The molecule has 0 aromatic rings. The van der Waals surface area contributed by atoms with E-state index in [1.807, 2.05) is 25.8 Å². The lowest BCUT2D eigenvalue weighted by atomic mass is 10.0. The van der Waals surface area contributed by atoms with E-state index in [0.717, 1.165) is 19.4 Å². The molecule has 0 aromatic heterocycles. The summed E-state index contributed by atoms with van der Waals surface area (Å²) in [6, 6.07) is -0.0571. The van der Waals surface area contributed by atoms with Gasteiger partial charge in [-0.3, -0.25) is 9.69 Å². The maximum atomic E-state index is 12.0. The van der Waals surface area contributed by atoms with Crippen molar-refractivity contribution in [2.45, 2.75) is 50.6 Å². The lowest BCUT2D eigenvalue weighted by molar-refractivity contribution is -0.126. The second-order valence-electron chi connectivity index (χ2n) is 5.02. The molecule has 15 heavy (non-hydrogen) atoms. The van der Waals surface area contributed by atoms with Gasteiger partial charge in [-0.1, -0.05) is 6.92 Å². The standard InChI is InChI=1S/C11H21ClN2O/c1-5-11(2,3)13-10(15)9-6-8(12)7-14(9)4/h8-9H,5-7H2,1-4H3,(H,13,15)/t8-,9-/m0/s1. The number of nitrogens with zero attached hydrogens (tertiary/aromatic N) is 1. The summed E-state index contributed by atoms with van der Waals surface area (Å²) in [6.45, 7) is 6.95. The van der Waals surface area contributed by atoms with E-state index in [1.165, 1.54) is 0 Å². The highest BCUT2D eigenvalue weighted by Gasteiger charge is 2.35. The molecule has 0 aliphatic carbocycles. The fourth-order valence-electron chi connectivity index (χ4n) is 1.75. The first-order chi connectivity index (χ1) is 6.85. The van der Waals surface area contributed by atoms with Crippen molar-refractivity contribution in [3.8, 4) is 0 Å². The highest BCUT2D eigenvalue weighted by molar-refractivity contribution is 6.21. The summed E-state index contributed by atoms with van der Waals surface area (Å²) in [7, 11) is 1.95. The SMILES string of the molecule is CCC(C)(C)NC(=O)[C@@H]1C[C@H](Cl)CN1C. The third-order valence-corrected chi connectivity index (χ3v) is 3.46. The molecule has 0 radical (unpaired) electrons. The number of amides is 1. The van der Waals surface area contributed by atoms with Gasteiger partial charge >= 0.3 is 0 Å². The van der Waals surface area contributed by atoms with Crippen LogP contribution in [-0.2, 0) is 4.79 Å². The van der Waals surface area contributed by atoms with Gasteiger partial charge in [-0.25, -0.2) is 0 Å². The van der Waals surface area contributed by atoms with Crippen LogP contribution in [0.5, 0.6) is 0 Å². The number of likely N-dealkylation sites (tertiary alicyclic amines) is 1. The Labute approximate surface area is 97.2 Å². The van der Waals surface area contributed by atoms with Gasteiger partial charge in [0, 0.05) is 17.5 Å². The van der Waals surface area contributed by atoms with E-state index in [1.54, 1.807) is 0 Å². The summed E-state index contributed by atoms with van der Waals surface area (Å²) in [5.41, 5.74) is -0.123. The highest BCUT2D eigenvalue weighted by atomic mass is 35.5. The average Bonchev–Trinajstić information content (AvgIpc) is 2.45. The minimum absolute atomic E-state index is 0.0571. The molecule has 1 fully saturated rings. The summed E-state index contributed by atoms with van der Waals surface area (Å²) in [5, 5.41) is 3.17. The van der Waals surface area contributed by atoms with E-state index < -0.39 is 0 Å². The number of carbonyl (C=O) groups is 1. The number of hydrogen-bond acceptors (Lipinski definition) is 2. The number of alkyl halides is 1. The minimum Gasteiger partial charge on any atom is -0.350 e. The fourth-order valence-corrected chi connectivity index (χ4v) is 2.14. The number of halogens is 1. The van der Waals surface area contributed by atoms with E-state index in [-0.39, 0.29) is 22.9 Å². The Morgan fingerprint density at radius 1 is 1.60 bits per heavy atom. The van der Waals surface area contributed by atoms with E-state index in [2.05, 4.69) is 12.2 Å². The average molecular weight is 233 g/mol. The molecule has 3 nitrogen and oxygen atoms in total. The molecule has 1 N–H and O–H groups in total. The molecule has 0 bridgehead atoms. The van der Waals surface area contributed by atoms with Crippen LogP contribution in [0.1, 0.15) is 33.6 Å². The van der Waals surface area contributed by atoms with Crippen molar-refractivity contribution < 1.29 is 4.79 Å². The summed E-state index contributed by atoms with van der Waals surface area (Å²) in [4.78, 5) is 14.0. The van der Waals surface area contributed by atoms with Gasteiger partial charge in [-0.15, -0.1) is 11.6 Å². The normalized spacial score (nSPS) is 28.1. The zero-order valence-electron chi connectivity index (χ0n) is 10.0. The largest absolute Gasteiger partial charge is 0.350 e. The van der Waals surface area contributed by atoms with Gasteiger partial charge in [0.2, 0.25) is 5.91 Å². The van der Waals surface area contributed by atoms with Crippen LogP contribution >= 0.6 is 11.6 Å². The van der Waals surface area contributed by atoms with E-state index >= 15 is 0 Å². The summed E-state index contributed by atoms with van der Waals surface area (Å²) < 4.78 is 0. The van der Waals surface area contributed by atoms with Crippen molar-refractivity contribution in [3.63, 3.8) is 0 Å². The second-order valence-corrected chi connectivity index (χ2v) is 5.63. The molecule has 0 aromatic carbocycles. The Morgan fingerprint density at radius 2 is 2.20 bits per heavy atom. The topological polar surface area (TPSA) is 32.3 Å². The molecule has 0 saturated carbocycles. The van der Waals surface area contributed by atoms with E-state index in [0.29, 0.717) is 0 Å². The second kappa shape index (κ2) is 4.71. The summed E-state index contributed by atoms with van der Waals surface area (Å²) in [5.74, 6) is 0.104.